The molecule has 3 heteroatoms. The average molecular weight is 122 g/mol. The van der Waals surface area contributed by atoms with Crippen molar-refractivity contribution in [2.75, 3.05) is 0 Å². The van der Waals surface area contributed by atoms with Gasteiger partial charge in [0.2, 0.25) is 0 Å². The summed E-state index contributed by atoms with van der Waals surface area (Å²) in [5.41, 5.74) is 0. The normalized spacial score (nSPS) is 8.62. The van der Waals surface area contributed by atoms with Crippen LogP contribution in [0.25, 0.3) is 0 Å². The van der Waals surface area contributed by atoms with Crippen molar-refractivity contribution in [2.24, 2.45) is 0 Å². The number of allylic oxidation sites excluding steroid dienone is 1. The van der Waals surface area contributed by atoms with Crippen LogP contribution in [-0.2, 0) is 4.79 Å². The quantitative estimate of drug-likeness (QED) is 0.284. The van der Waals surface area contributed by atoms with Crippen molar-refractivity contribution in [3.63, 3.8) is 0 Å². The number of carbonyl (C=O) groups is 1. The maximum absolute atomic E-state index is 9.60. The Morgan fingerprint density at radius 1 is 1.75 bits per heavy atom. The maximum atomic E-state index is 9.60. The van der Waals surface area contributed by atoms with E-state index in [0.717, 1.165) is 0 Å². The minimum absolute atomic E-state index is 0. The Morgan fingerprint density at radius 3 is 2.38 bits per heavy atom. The fourth-order valence-corrected chi connectivity index (χ4v) is 0.214. The van der Waals surface area contributed by atoms with Gasteiger partial charge in [0, 0.05) is 12.4 Å². The molecule has 40 valence electrons. The van der Waals surface area contributed by atoms with Crippen LogP contribution in [0.15, 0.2) is 12.2 Å². The van der Waals surface area contributed by atoms with Gasteiger partial charge in [-0.05, 0) is 6.92 Å². The van der Waals surface area contributed by atoms with Crippen LogP contribution in [0.5, 0.6) is 0 Å². The zero-order valence-corrected chi connectivity index (χ0v) is 7.18. The van der Waals surface area contributed by atoms with Gasteiger partial charge < -0.3 is 9.90 Å². The zero-order valence-electron chi connectivity index (χ0n) is 5.18. The Bertz CT molecular complexity index is 88.4. The van der Waals surface area contributed by atoms with E-state index >= 15 is 0 Å². The molecule has 0 aromatic rings. The molecule has 0 amide bonds. The van der Waals surface area contributed by atoms with Crippen LogP contribution >= 0.6 is 0 Å². The number of carboxylic acids is 1. The molecule has 0 aromatic heterocycles. The van der Waals surface area contributed by atoms with Gasteiger partial charge in [0.05, 0.1) is 0 Å². The van der Waals surface area contributed by atoms with Crippen LogP contribution in [0.2, 0.25) is 0 Å². The second-order valence-corrected chi connectivity index (χ2v) is 1.15. The van der Waals surface area contributed by atoms with Crippen LogP contribution in [0.4, 0.5) is 0 Å². The number of hydrogen-bond acceptors (Lipinski definition) is 2. The Kier molecular flexibility index (Phi) is 9.97. The molecule has 0 fully saturated rings. The summed E-state index contributed by atoms with van der Waals surface area (Å²) in [5, 5.41) is 9.60. The van der Waals surface area contributed by atoms with Crippen LogP contribution in [0.3, 0.4) is 0 Å². The van der Waals surface area contributed by atoms with Crippen LogP contribution in [0.1, 0.15) is 13.3 Å². The molecule has 0 aromatic carbocycles. The molecule has 2 nitrogen and oxygen atoms in total. The second kappa shape index (κ2) is 7.21. The summed E-state index contributed by atoms with van der Waals surface area (Å²) in [7, 11) is 0. The second-order valence-electron chi connectivity index (χ2n) is 1.15. The molecule has 0 bridgehead atoms. The van der Waals surface area contributed by atoms with Gasteiger partial charge >= 0.3 is 29.6 Å². The number of carboxylic acid groups (broad SMARTS) is 1. The first-order chi connectivity index (χ1) is 3.27. The van der Waals surface area contributed by atoms with Crippen LogP contribution < -0.4 is 34.7 Å². The van der Waals surface area contributed by atoms with Gasteiger partial charge in [0.1, 0.15) is 0 Å². The van der Waals surface area contributed by atoms with Crippen molar-refractivity contribution in [2.45, 2.75) is 13.3 Å². The predicted octanol–water partition coefficient (Wildman–Crippen LogP) is -3.29. The van der Waals surface area contributed by atoms with Gasteiger partial charge in [-0.1, -0.05) is 12.2 Å². The smallest absolute Gasteiger partial charge is 0.550 e. The predicted molar refractivity (Wildman–Crippen MR) is 24.4 cm³/mol. The molecule has 0 radical (unpaired) electrons. The molecule has 0 unspecified atom stereocenters. The molecule has 0 saturated heterocycles. The topological polar surface area (TPSA) is 40.1 Å². The van der Waals surface area contributed by atoms with Crippen molar-refractivity contribution in [1.29, 1.82) is 0 Å². The van der Waals surface area contributed by atoms with Crippen molar-refractivity contribution in [1.82, 2.24) is 0 Å². The van der Waals surface area contributed by atoms with E-state index in [-0.39, 0.29) is 36.0 Å². The summed E-state index contributed by atoms with van der Waals surface area (Å²) < 4.78 is 0. The molecular formula is C5H7NaO2. The first kappa shape index (κ1) is 11.1. The summed E-state index contributed by atoms with van der Waals surface area (Å²) in [5.74, 6) is -1.03. The Hall–Kier alpha value is 0.210. The van der Waals surface area contributed by atoms with E-state index in [1.807, 2.05) is 0 Å². The summed E-state index contributed by atoms with van der Waals surface area (Å²) in [6.07, 6.45) is 3.24. The molecule has 0 aliphatic heterocycles. The third kappa shape index (κ3) is 9.51. The van der Waals surface area contributed by atoms with Gasteiger partial charge in [0.25, 0.3) is 0 Å². The molecule has 0 saturated carbocycles. The van der Waals surface area contributed by atoms with Gasteiger partial charge in [-0.2, -0.15) is 0 Å². The number of carbonyl (C=O) groups excluding carboxylic acids is 1. The van der Waals surface area contributed by atoms with Crippen molar-refractivity contribution in [3.05, 3.63) is 12.2 Å². The van der Waals surface area contributed by atoms with E-state index in [1.54, 1.807) is 13.0 Å². The minimum atomic E-state index is -1.03. The summed E-state index contributed by atoms with van der Waals surface area (Å²) in [6, 6.07) is 0. The molecule has 0 atom stereocenters. The van der Waals surface area contributed by atoms with E-state index < -0.39 is 5.97 Å². The molecular weight excluding hydrogens is 115 g/mol. The third-order valence-corrected chi connectivity index (χ3v) is 0.520. The Labute approximate surface area is 70.9 Å². The fourth-order valence-electron chi connectivity index (χ4n) is 0.214. The van der Waals surface area contributed by atoms with E-state index in [0.29, 0.717) is 0 Å². The number of aliphatic carboxylic acids is 1. The first-order valence-corrected chi connectivity index (χ1v) is 2.08. The molecule has 0 aliphatic carbocycles. The molecule has 8 heavy (non-hydrogen) atoms. The van der Waals surface area contributed by atoms with Gasteiger partial charge in [-0.15, -0.1) is 0 Å². The van der Waals surface area contributed by atoms with E-state index in [2.05, 4.69) is 0 Å². The largest absolute Gasteiger partial charge is 1.00 e. The Balaban J connectivity index is 0. The molecule has 0 spiro atoms. The molecule has 0 rings (SSSR count). The van der Waals surface area contributed by atoms with Crippen LogP contribution in [-0.4, -0.2) is 5.97 Å². The monoisotopic (exact) mass is 122 g/mol. The standard InChI is InChI=1S/C5H8O2.Na/c1-2-3-4-5(6)7;/h2-3H,4H2,1H3,(H,6,7);/q;+1/p-1/b3-2+;. The van der Waals surface area contributed by atoms with Gasteiger partial charge in [-0.25, -0.2) is 0 Å². The zero-order chi connectivity index (χ0) is 5.70. The summed E-state index contributed by atoms with van der Waals surface area (Å²) in [6.45, 7) is 1.77. The van der Waals surface area contributed by atoms with Crippen LogP contribution in [0, 0.1) is 0 Å². The summed E-state index contributed by atoms with van der Waals surface area (Å²) >= 11 is 0. The van der Waals surface area contributed by atoms with Crippen molar-refractivity contribution < 1.29 is 39.5 Å². The molecule has 0 aliphatic rings. The van der Waals surface area contributed by atoms with Gasteiger partial charge in [0.15, 0.2) is 0 Å². The summed E-state index contributed by atoms with van der Waals surface area (Å²) in [4.78, 5) is 9.60. The number of rotatable bonds is 2. The van der Waals surface area contributed by atoms with E-state index in [9.17, 15) is 9.90 Å². The number of hydrogen-bond donors (Lipinski definition) is 0. The van der Waals surface area contributed by atoms with Gasteiger partial charge in [-0.3, -0.25) is 0 Å². The third-order valence-electron chi connectivity index (χ3n) is 0.520. The SMILES string of the molecule is C/C=C/CC(=O)[O-].[Na+]. The minimum Gasteiger partial charge on any atom is -0.550 e. The van der Waals surface area contributed by atoms with E-state index in [4.69, 9.17) is 0 Å². The Morgan fingerprint density at radius 2 is 2.25 bits per heavy atom. The van der Waals surface area contributed by atoms with Crippen molar-refractivity contribution >= 4 is 5.97 Å². The first-order valence-electron chi connectivity index (χ1n) is 2.08. The fraction of sp³-hybridized carbons (Fsp3) is 0.400. The van der Waals surface area contributed by atoms with Crippen molar-refractivity contribution in [3.8, 4) is 0 Å². The maximum Gasteiger partial charge on any atom is 1.00 e. The average Bonchev–Trinajstić information content (AvgIpc) is 1.61. The van der Waals surface area contributed by atoms with E-state index in [1.165, 1.54) is 6.08 Å². The molecule has 0 N–H and O–H groups in total. The molecule has 0 heterocycles.